The molecule has 2 aromatic rings. The molecule has 26 heavy (non-hydrogen) atoms. The van der Waals surface area contributed by atoms with Crippen molar-refractivity contribution in [2.45, 2.75) is 46.6 Å². The molecule has 0 bridgehead atoms. The lowest BCUT2D eigenvalue weighted by Gasteiger charge is -2.15. The van der Waals surface area contributed by atoms with E-state index in [9.17, 15) is 0 Å². The summed E-state index contributed by atoms with van der Waals surface area (Å²) in [5, 5.41) is 10.4. The van der Waals surface area contributed by atoms with E-state index in [0.29, 0.717) is 18.3 Å². The largest absolute Gasteiger partial charge is 0.493 e. The van der Waals surface area contributed by atoms with E-state index in [1.54, 1.807) is 7.05 Å². The van der Waals surface area contributed by atoms with Gasteiger partial charge in [-0.15, -0.1) is 0 Å². The Morgan fingerprint density at radius 2 is 2.12 bits per heavy atom. The minimum Gasteiger partial charge on any atom is -0.493 e. The van der Waals surface area contributed by atoms with E-state index >= 15 is 0 Å². The van der Waals surface area contributed by atoms with E-state index in [2.05, 4.69) is 57.8 Å². The molecule has 2 N–H and O–H groups in total. The van der Waals surface area contributed by atoms with Crippen LogP contribution in [0.1, 0.15) is 42.6 Å². The molecule has 0 atom stereocenters. The van der Waals surface area contributed by atoms with E-state index in [-0.39, 0.29) is 0 Å². The molecule has 0 radical (unpaired) electrons. The second-order valence-corrected chi connectivity index (χ2v) is 6.15. The van der Waals surface area contributed by atoms with Crippen LogP contribution in [0.2, 0.25) is 0 Å². The highest BCUT2D eigenvalue weighted by Gasteiger charge is 2.06. The molecular weight excluding hydrogens is 330 g/mol. The van der Waals surface area contributed by atoms with E-state index in [0.717, 1.165) is 49.7 Å². The molecule has 0 saturated carbocycles. The Morgan fingerprint density at radius 3 is 2.81 bits per heavy atom. The van der Waals surface area contributed by atoms with Crippen LogP contribution in [0.5, 0.6) is 5.75 Å². The first-order valence-electron chi connectivity index (χ1n) is 9.08. The zero-order valence-corrected chi connectivity index (χ0v) is 16.1. The van der Waals surface area contributed by atoms with Crippen molar-refractivity contribution in [3.8, 4) is 5.75 Å². The molecule has 0 unspecified atom stereocenters. The number of rotatable bonds is 9. The zero-order chi connectivity index (χ0) is 18.8. The highest BCUT2D eigenvalue weighted by molar-refractivity contribution is 5.79. The average molecular weight is 359 g/mol. The molecule has 7 heteroatoms. The lowest BCUT2D eigenvalue weighted by atomic mass is 10.1. The SMILES string of the molecule is CCCOc1cc(C)ccc1CNC(=NC)NCCCc1nc(C)no1. The van der Waals surface area contributed by atoms with Crippen molar-refractivity contribution in [1.82, 2.24) is 20.8 Å². The van der Waals surface area contributed by atoms with Crippen molar-refractivity contribution in [3.05, 3.63) is 41.0 Å². The predicted molar refractivity (Wildman–Crippen MR) is 103 cm³/mol. The lowest BCUT2D eigenvalue weighted by molar-refractivity contribution is 0.313. The maximum atomic E-state index is 5.86. The second kappa shape index (κ2) is 10.4. The maximum absolute atomic E-state index is 5.86. The average Bonchev–Trinajstić information content (AvgIpc) is 3.05. The van der Waals surface area contributed by atoms with Gasteiger partial charge in [-0.3, -0.25) is 4.99 Å². The Hall–Kier alpha value is -2.57. The summed E-state index contributed by atoms with van der Waals surface area (Å²) in [6.45, 7) is 8.14. The van der Waals surface area contributed by atoms with Crippen LogP contribution in [-0.4, -0.2) is 36.3 Å². The van der Waals surface area contributed by atoms with Gasteiger partial charge < -0.3 is 19.9 Å². The molecule has 1 aromatic heterocycles. The topological polar surface area (TPSA) is 84.6 Å². The Morgan fingerprint density at radius 1 is 1.27 bits per heavy atom. The summed E-state index contributed by atoms with van der Waals surface area (Å²) in [6.07, 6.45) is 2.62. The van der Waals surface area contributed by atoms with E-state index in [1.165, 1.54) is 5.56 Å². The molecular formula is C19H29N5O2. The predicted octanol–water partition coefficient (Wildman–Crippen LogP) is 2.77. The molecule has 7 nitrogen and oxygen atoms in total. The van der Waals surface area contributed by atoms with E-state index < -0.39 is 0 Å². The first kappa shape index (κ1) is 19.8. The van der Waals surface area contributed by atoms with Gasteiger partial charge in [0.05, 0.1) is 6.61 Å². The van der Waals surface area contributed by atoms with Gasteiger partial charge in [-0.25, -0.2) is 0 Å². The van der Waals surface area contributed by atoms with Crippen LogP contribution in [0, 0.1) is 13.8 Å². The number of guanidine groups is 1. The maximum Gasteiger partial charge on any atom is 0.226 e. The fraction of sp³-hybridized carbons (Fsp3) is 0.526. The lowest BCUT2D eigenvalue weighted by Crippen LogP contribution is -2.37. The molecule has 0 spiro atoms. The van der Waals surface area contributed by atoms with Gasteiger partial charge in [0.1, 0.15) is 5.75 Å². The van der Waals surface area contributed by atoms with E-state index in [1.807, 2.05) is 6.92 Å². The van der Waals surface area contributed by atoms with Gasteiger partial charge in [-0.1, -0.05) is 24.2 Å². The summed E-state index contributed by atoms with van der Waals surface area (Å²) in [7, 11) is 1.76. The van der Waals surface area contributed by atoms with Gasteiger partial charge in [0.25, 0.3) is 0 Å². The molecule has 0 aliphatic heterocycles. The fourth-order valence-electron chi connectivity index (χ4n) is 2.44. The van der Waals surface area contributed by atoms with Crippen LogP contribution in [-0.2, 0) is 13.0 Å². The van der Waals surface area contributed by atoms with Gasteiger partial charge >= 0.3 is 0 Å². The van der Waals surface area contributed by atoms with Crippen LogP contribution in [0.15, 0.2) is 27.7 Å². The van der Waals surface area contributed by atoms with Crippen molar-refractivity contribution >= 4 is 5.96 Å². The van der Waals surface area contributed by atoms with Crippen molar-refractivity contribution in [1.29, 1.82) is 0 Å². The van der Waals surface area contributed by atoms with Gasteiger partial charge in [0, 0.05) is 32.1 Å². The molecule has 0 aliphatic carbocycles. The van der Waals surface area contributed by atoms with Gasteiger partial charge in [-0.05, 0) is 38.3 Å². The van der Waals surface area contributed by atoms with Crippen molar-refractivity contribution in [2.75, 3.05) is 20.2 Å². The van der Waals surface area contributed by atoms with Crippen LogP contribution in [0.25, 0.3) is 0 Å². The molecule has 0 amide bonds. The normalized spacial score (nSPS) is 11.5. The van der Waals surface area contributed by atoms with Crippen LogP contribution in [0.4, 0.5) is 0 Å². The summed E-state index contributed by atoms with van der Waals surface area (Å²) in [4.78, 5) is 8.46. The third-order valence-electron chi connectivity index (χ3n) is 3.78. The Labute approximate surface area is 155 Å². The van der Waals surface area contributed by atoms with Gasteiger partial charge in [-0.2, -0.15) is 4.98 Å². The Kier molecular flexibility index (Phi) is 7.92. The number of benzene rings is 1. The minimum atomic E-state index is 0.655. The third kappa shape index (κ3) is 6.38. The molecule has 2 rings (SSSR count). The van der Waals surface area contributed by atoms with Crippen LogP contribution in [0.3, 0.4) is 0 Å². The summed E-state index contributed by atoms with van der Waals surface area (Å²) in [5.74, 6) is 3.03. The summed E-state index contributed by atoms with van der Waals surface area (Å²) in [6, 6.07) is 6.27. The highest BCUT2D eigenvalue weighted by atomic mass is 16.5. The number of nitrogens with zero attached hydrogens (tertiary/aromatic N) is 3. The van der Waals surface area contributed by atoms with Crippen molar-refractivity contribution < 1.29 is 9.26 Å². The minimum absolute atomic E-state index is 0.655. The quantitative estimate of drug-likeness (QED) is 0.407. The summed E-state index contributed by atoms with van der Waals surface area (Å²) in [5.41, 5.74) is 2.31. The molecule has 0 aliphatic rings. The van der Waals surface area contributed by atoms with Crippen molar-refractivity contribution in [3.63, 3.8) is 0 Å². The Bertz CT molecular complexity index is 712. The molecule has 142 valence electrons. The van der Waals surface area contributed by atoms with Gasteiger partial charge in [0.2, 0.25) is 5.89 Å². The molecule has 0 fully saturated rings. The summed E-state index contributed by atoms with van der Waals surface area (Å²) >= 11 is 0. The monoisotopic (exact) mass is 359 g/mol. The Balaban J connectivity index is 1.79. The molecule has 1 heterocycles. The number of aromatic nitrogens is 2. The first-order chi connectivity index (χ1) is 12.6. The van der Waals surface area contributed by atoms with Crippen LogP contribution < -0.4 is 15.4 Å². The third-order valence-corrected chi connectivity index (χ3v) is 3.78. The van der Waals surface area contributed by atoms with Crippen LogP contribution >= 0.6 is 0 Å². The van der Waals surface area contributed by atoms with Gasteiger partial charge in [0.15, 0.2) is 11.8 Å². The number of ether oxygens (including phenoxy) is 1. The number of nitrogens with one attached hydrogen (secondary N) is 2. The highest BCUT2D eigenvalue weighted by Crippen LogP contribution is 2.20. The number of hydrogen-bond acceptors (Lipinski definition) is 5. The fourth-order valence-corrected chi connectivity index (χ4v) is 2.44. The first-order valence-corrected chi connectivity index (χ1v) is 9.08. The van der Waals surface area contributed by atoms with Crippen molar-refractivity contribution in [2.24, 2.45) is 4.99 Å². The van der Waals surface area contributed by atoms with E-state index in [4.69, 9.17) is 9.26 Å². The smallest absolute Gasteiger partial charge is 0.226 e. The summed E-state index contributed by atoms with van der Waals surface area (Å²) < 4.78 is 11.0. The molecule has 0 saturated heterocycles. The zero-order valence-electron chi connectivity index (χ0n) is 16.1. The number of aryl methyl sites for hydroxylation is 3. The standard InChI is InChI=1S/C19H29N5O2/c1-5-11-25-17-12-14(2)8-9-16(17)13-22-19(20-4)21-10-6-7-18-23-15(3)24-26-18/h8-9,12H,5-7,10-11,13H2,1-4H3,(H2,20,21,22). The second-order valence-electron chi connectivity index (χ2n) is 6.15. The number of aliphatic imine (C=N–C) groups is 1. The molecule has 1 aromatic carbocycles. The number of hydrogen-bond donors (Lipinski definition) is 2.